The van der Waals surface area contributed by atoms with E-state index in [1.807, 2.05) is 30.3 Å². The molecule has 1 spiro atoms. The van der Waals surface area contributed by atoms with Crippen LogP contribution >= 0.6 is 28.4 Å². The van der Waals surface area contributed by atoms with Crippen LogP contribution in [0.25, 0.3) is 0 Å². The highest BCUT2D eigenvalue weighted by molar-refractivity contribution is 14.2. The molecule has 0 aromatic heterocycles. The minimum atomic E-state index is -1.49. The Hall–Kier alpha value is -1.41. The molecule has 9 nitrogen and oxygen atoms in total. The van der Waals surface area contributed by atoms with E-state index in [0.717, 1.165) is 11.8 Å². The molecule has 1 aromatic carbocycles. The fourth-order valence-corrected chi connectivity index (χ4v) is 7.97. The summed E-state index contributed by atoms with van der Waals surface area (Å²) in [6.45, 7) is 3.34. The Balaban J connectivity index is 1.63. The third-order valence-electron chi connectivity index (χ3n) is 6.51. The van der Waals surface area contributed by atoms with Gasteiger partial charge in [-0.05, 0) is 52.8 Å². The summed E-state index contributed by atoms with van der Waals surface area (Å²) in [5.41, 5.74) is 0.915. The molecule has 36 heavy (non-hydrogen) atoms. The average Bonchev–Trinajstić information content (AvgIpc) is 3.33. The molecule has 2 N–H and O–H groups in total. The molecule has 1 unspecified atom stereocenters. The SMILES string of the molecule is CCOC(=O)[C@@H]1CC2(CC[C@@H]1N[C@H](CCC=O)S(C)(I)CNC(=O)OCc1ccccc1)OCCO2. The number of amides is 1. The molecule has 2 aliphatic rings. The Morgan fingerprint density at radius 2 is 1.97 bits per heavy atom. The second kappa shape index (κ2) is 13.9. The van der Waals surface area contributed by atoms with Crippen molar-refractivity contribution in [2.45, 2.75) is 62.8 Å². The topological polar surface area (TPSA) is 112 Å². The molecule has 1 saturated heterocycles. The monoisotopic (exact) mass is 636 g/mol. The van der Waals surface area contributed by atoms with E-state index >= 15 is 0 Å². The summed E-state index contributed by atoms with van der Waals surface area (Å²) >= 11 is 2.39. The van der Waals surface area contributed by atoms with Gasteiger partial charge in [-0.2, -0.15) is 7.20 Å². The highest BCUT2D eigenvalue weighted by Crippen LogP contribution is 2.57. The Morgan fingerprint density at radius 3 is 2.64 bits per heavy atom. The van der Waals surface area contributed by atoms with E-state index < -0.39 is 25.0 Å². The molecule has 1 amide bonds. The molecule has 1 aliphatic heterocycles. The number of esters is 1. The summed E-state index contributed by atoms with van der Waals surface area (Å²) in [6, 6.07) is 9.35. The average molecular weight is 637 g/mol. The van der Waals surface area contributed by atoms with E-state index in [9.17, 15) is 14.4 Å². The minimum absolute atomic E-state index is 0.0703. The third kappa shape index (κ3) is 8.30. The minimum Gasteiger partial charge on any atom is -0.466 e. The number of hydrogen-bond donors (Lipinski definition) is 2. The molecular formula is C25H37IN2O7S. The Bertz CT molecular complexity index is 867. The van der Waals surface area contributed by atoms with E-state index in [2.05, 4.69) is 38.1 Å². The summed E-state index contributed by atoms with van der Waals surface area (Å²) in [7, 11) is -1.49. The van der Waals surface area contributed by atoms with Crippen molar-refractivity contribution in [2.24, 2.45) is 5.92 Å². The number of hydrogen-bond acceptors (Lipinski definition) is 8. The van der Waals surface area contributed by atoms with Crippen LogP contribution < -0.4 is 10.6 Å². The Labute approximate surface area is 226 Å². The second-order valence-corrected chi connectivity index (χ2v) is 18.1. The molecule has 11 heteroatoms. The number of carbonyl (C=O) groups is 3. The van der Waals surface area contributed by atoms with Gasteiger partial charge in [-0.15, -0.1) is 0 Å². The van der Waals surface area contributed by atoms with Crippen molar-refractivity contribution in [1.29, 1.82) is 0 Å². The summed E-state index contributed by atoms with van der Waals surface area (Å²) in [5, 5.41) is 6.49. The molecule has 1 aromatic rings. The molecule has 202 valence electrons. The lowest BCUT2D eigenvalue weighted by Crippen LogP contribution is -2.54. The van der Waals surface area contributed by atoms with Gasteiger partial charge in [0.25, 0.3) is 0 Å². The van der Waals surface area contributed by atoms with Crippen molar-refractivity contribution in [3.05, 3.63) is 35.9 Å². The van der Waals surface area contributed by atoms with Gasteiger partial charge in [0.2, 0.25) is 0 Å². The fourth-order valence-electron chi connectivity index (χ4n) is 4.62. The number of carbonyl (C=O) groups excluding carboxylic acids is 3. The first-order chi connectivity index (χ1) is 17.3. The molecule has 1 saturated carbocycles. The van der Waals surface area contributed by atoms with Gasteiger partial charge in [-0.25, -0.2) is 4.79 Å². The third-order valence-corrected chi connectivity index (χ3v) is 11.5. The molecule has 3 rings (SSSR count). The number of benzene rings is 1. The summed E-state index contributed by atoms with van der Waals surface area (Å²) in [5.74, 6) is -1.01. The normalized spacial score (nSPS) is 24.3. The number of ether oxygens (including phenoxy) is 4. The largest absolute Gasteiger partial charge is 0.466 e. The van der Waals surface area contributed by atoms with Gasteiger partial charge in [0.15, 0.2) is 5.79 Å². The first-order valence-electron chi connectivity index (χ1n) is 12.3. The smallest absolute Gasteiger partial charge is 0.408 e. The van der Waals surface area contributed by atoms with Crippen LogP contribution in [-0.4, -0.2) is 67.5 Å². The van der Waals surface area contributed by atoms with Crippen LogP contribution in [0.15, 0.2) is 30.3 Å². The van der Waals surface area contributed by atoms with Gasteiger partial charge in [0.05, 0.1) is 31.6 Å². The molecule has 2 fully saturated rings. The van der Waals surface area contributed by atoms with Gasteiger partial charge in [0.1, 0.15) is 12.9 Å². The summed E-state index contributed by atoms with van der Waals surface area (Å²) < 4.78 is 22.5. The van der Waals surface area contributed by atoms with Crippen molar-refractivity contribution in [1.82, 2.24) is 10.6 Å². The number of nitrogens with one attached hydrogen (secondary N) is 2. The summed E-state index contributed by atoms with van der Waals surface area (Å²) in [6.07, 6.45) is 5.29. The fraction of sp³-hybridized carbons (Fsp3) is 0.640. The van der Waals surface area contributed by atoms with Crippen LogP contribution in [0.5, 0.6) is 0 Å². The number of rotatable bonds is 12. The van der Waals surface area contributed by atoms with Crippen LogP contribution in [0.2, 0.25) is 0 Å². The van der Waals surface area contributed by atoms with E-state index in [-0.39, 0.29) is 24.0 Å². The van der Waals surface area contributed by atoms with Gasteiger partial charge >= 0.3 is 12.1 Å². The first-order valence-corrected chi connectivity index (χ1v) is 17.1. The van der Waals surface area contributed by atoms with Crippen LogP contribution in [0, 0.1) is 5.92 Å². The van der Waals surface area contributed by atoms with Crippen molar-refractivity contribution in [3.63, 3.8) is 0 Å². The summed E-state index contributed by atoms with van der Waals surface area (Å²) in [4.78, 5) is 36.5. The molecule has 1 aliphatic carbocycles. The zero-order valence-corrected chi connectivity index (χ0v) is 23.9. The van der Waals surface area contributed by atoms with Crippen molar-refractivity contribution in [3.8, 4) is 0 Å². The van der Waals surface area contributed by atoms with Crippen LogP contribution in [0.3, 0.4) is 0 Å². The first kappa shape index (κ1) is 29.2. The molecule has 0 bridgehead atoms. The molecule has 0 radical (unpaired) electrons. The van der Waals surface area contributed by atoms with E-state index in [4.69, 9.17) is 18.9 Å². The lowest BCUT2D eigenvalue weighted by molar-refractivity contribution is -0.198. The Morgan fingerprint density at radius 1 is 1.25 bits per heavy atom. The van der Waals surface area contributed by atoms with Gasteiger partial charge in [-0.1, -0.05) is 30.3 Å². The van der Waals surface area contributed by atoms with Crippen LogP contribution in [0.4, 0.5) is 4.79 Å². The van der Waals surface area contributed by atoms with E-state index in [0.29, 0.717) is 57.8 Å². The Kier molecular flexibility index (Phi) is 11.3. The van der Waals surface area contributed by atoms with Crippen molar-refractivity contribution >= 4 is 46.8 Å². The maximum atomic E-state index is 12.9. The van der Waals surface area contributed by atoms with E-state index in [1.54, 1.807) is 6.92 Å². The van der Waals surface area contributed by atoms with Gasteiger partial charge < -0.3 is 34.4 Å². The van der Waals surface area contributed by atoms with Crippen molar-refractivity contribution in [2.75, 3.05) is 32.0 Å². The maximum absolute atomic E-state index is 12.9. The number of aldehydes is 1. The lowest BCUT2D eigenvalue weighted by Gasteiger charge is -2.45. The molecular weight excluding hydrogens is 599 g/mol. The van der Waals surface area contributed by atoms with Crippen LogP contribution in [0.1, 0.15) is 44.6 Å². The van der Waals surface area contributed by atoms with Gasteiger partial charge in [-0.3, -0.25) is 4.79 Å². The standard InChI is InChI=1S/C25H37IN2O7S/c1-3-32-23(30)20-16-25(34-14-15-35-25)12-11-21(20)28-22(10-7-13-29)36(2,26)18-27-24(31)33-17-19-8-5-4-6-9-19/h4-6,8-9,13,20-22,28H,3,7,10-12,14-18H2,1-2H3,(H,27,31)/t20-,21+,22+/m1/s1. The highest BCUT2D eigenvalue weighted by atomic mass is 127. The quantitative estimate of drug-likeness (QED) is 0.201. The highest BCUT2D eigenvalue weighted by Gasteiger charge is 2.49. The van der Waals surface area contributed by atoms with Crippen molar-refractivity contribution < 1.29 is 33.3 Å². The number of alkyl carbamates (subject to hydrolysis) is 1. The lowest BCUT2D eigenvalue weighted by atomic mass is 9.80. The van der Waals surface area contributed by atoms with Crippen LogP contribution in [-0.2, 0) is 35.1 Å². The predicted molar refractivity (Wildman–Crippen MR) is 147 cm³/mol. The second-order valence-electron chi connectivity index (χ2n) is 9.14. The van der Waals surface area contributed by atoms with E-state index in [1.165, 1.54) is 0 Å². The molecule has 1 heterocycles. The predicted octanol–water partition coefficient (Wildman–Crippen LogP) is 4.02. The zero-order valence-electron chi connectivity index (χ0n) is 20.9. The number of halogens is 1. The zero-order chi connectivity index (χ0) is 26.0. The molecule has 4 atom stereocenters. The van der Waals surface area contributed by atoms with Gasteiger partial charge in [0, 0.05) is 30.7 Å². The maximum Gasteiger partial charge on any atom is 0.408 e.